The van der Waals surface area contributed by atoms with Crippen LogP contribution in [0.4, 0.5) is 5.69 Å². The van der Waals surface area contributed by atoms with Crippen LogP contribution >= 0.6 is 0 Å². The van der Waals surface area contributed by atoms with Gasteiger partial charge in [0.2, 0.25) is 0 Å². The molecule has 0 fully saturated rings. The third-order valence-electron chi connectivity index (χ3n) is 2.86. The Hall–Kier alpha value is -2.57. The first-order chi connectivity index (χ1) is 8.93. The maximum Gasteiger partial charge on any atom is 0.282 e. The Kier molecular flexibility index (Phi) is 3.12. The zero-order chi connectivity index (χ0) is 14.2. The molecular formula is C12H10N2O5. The molecule has 0 N–H and O–H groups in total. The minimum atomic E-state index is -0.714. The van der Waals surface area contributed by atoms with Crippen molar-refractivity contribution >= 4 is 23.3 Å². The summed E-state index contributed by atoms with van der Waals surface area (Å²) in [5.74, 6) is -1.47. The SMILES string of the molecule is CC(=O)CCN1C(=O)c2cccc([N+](=O)[O-])c2C1=O. The van der Waals surface area contributed by atoms with Crippen molar-refractivity contribution in [2.24, 2.45) is 0 Å². The molecule has 0 radical (unpaired) electrons. The number of hydrogen-bond acceptors (Lipinski definition) is 5. The van der Waals surface area contributed by atoms with Gasteiger partial charge in [-0.15, -0.1) is 0 Å². The Morgan fingerprint density at radius 3 is 2.58 bits per heavy atom. The number of hydrogen-bond donors (Lipinski definition) is 0. The molecule has 0 spiro atoms. The van der Waals surface area contributed by atoms with E-state index < -0.39 is 16.7 Å². The maximum atomic E-state index is 12.0. The van der Waals surface area contributed by atoms with Crippen molar-refractivity contribution in [1.82, 2.24) is 4.90 Å². The number of ketones is 1. The summed E-state index contributed by atoms with van der Waals surface area (Å²) >= 11 is 0. The monoisotopic (exact) mass is 262 g/mol. The van der Waals surface area contributed by atoms with Gasteiger partial charge in [-0.05, 0) is 13.0 Å². The molecule has 19 heavy (non-hydrogen) atoms. The van der Waals surface area contributed by atoms with Crippen LogP contribution in [0.5, 0.6) is 0 Å². The lowest BCUT2D eigenvalue weighted by molar-refractivity contribution is -0.385. The van der Waals surface area contributed by atoms with Crippen LogP contribution in [-0.2, 0) is 4.79 Å². The average Bonchev–Trinajstić information content (AvgIpc) is 2.59. The number of Topliss-reactive ketones (excluding diaryl/α,β-unsaturated/α-hetero) is 1. The van der Waals surface area contributed by atoms with Gasteiger partial charge in [-0.1, -0.05) is 6.07 Å². The van der Waals surface area contributed by atoms with Gasteiger partial charge in [0, 0.05) is 19.0 Å². The topological polar surface area (TPSA) is 97.6 Å². The molecule has 0 aliphatic carbocycles. The molecule has 0 saturated heterocycles. The Labute approximate surface area is 108 Å². The van der Waals surface area contributed by atoms with Crippen molar-refractivity contribution in [2.75, 3.05) is 6.54 Å². The van der Waals surface area contributed by atoms with Crippen molar-refractivity contribution in [3.63, 3.8) is 0 Å². The van der Waals surface area contributed by atoms with Gasteiger partial charge in [-0.3, -0.25) is 29.4 Å². The van der Waals surface area contributed by atoms with Crippen LogP contribution in [0.3, 0.4) is 0 Å². The fourth-order valence-electron chi connectivity index (χ4n) is 1.94. The predicted molar refractivity (Wildman–Crippen MR) is 63.8 cm³/mol. The van der Waals surface area contributed by atoms with E-state index in [1.165, 1.54) is 25.1 Å². The molecule has 0 bridgehead atoms. The van der Waals surface area contributed by atoms with Gasteiger partial charge in [-0.25, -0.2) is 0 Å². The van der Waals surface area contributed by atoms with E-state index in [1.54, 1.807) is 0 Å². The minimum absolute atomic E-state index is 0.0164. The molecule has 0 saturated carbocycles. The number of carbonyl (C=O) groups is 3. The highest BCUT2D eigenvalue weighted by Gasteiger charge is 2.40. The quantitative estimate of drug-likeness (QED) is 0.461. The Morgan fingerprint density at radius 1 is 1.32 bits per heavy atom. The molecule has 7 nitrogen and oxygen atoms in total. The lowest BCUT2D eigenvalue weighted by Crippen LogP contribution is -2.31. The molecule has 1 aromatic carbocycles. The number of nitro groups is 1. The van der Waals surface area contributed by atoms with Gasteiger partial charge in [0.1, 0.15) is 11.3 Å². The third-order valence-corrected chi connectivity index (χ3v) is 2.86. The number of rotatable bonds is 4. The van der Waals surface area contributed by atoms with Crippen LogP contribution in [0, 0.1) is 10.1 Å². The van der Waals surface area contributed by atoms with Gasteiger partial charge in [-0.2, -0.15) is 0 Å². The van der Waals surface area contributed by atoms with Crippen LogP contribution < -0.4 is 0 Å². The van der Waals surface area contributed by atoms with Crippen molar-refractivity contribution < 1.29 is 19.3 Å². The second kappa shape index (κ2) is 4.60. The molecule has 1 aliphatic rings. The second-order valence-corrected chi connectivity index (χ2v) is 4.17. The first-order valence-corrected chi connectivity index (χ1v) is 5.56. The van der Waals surface area contributed by atoms with E-state index >= 15 is 0 Å². The molecule has 98 valence electrons. The summed E-state index contributed by atoms with van der Waals surface area (Å²) in [5, 5.41) is 10.9. The van der Waals surface area contributed by atoms with E-state index in [-0.39, 0.29) is 35.6 Å². The second-order valence-electron chi connectivity index (χ2n) is 4.17. The minimum Gasteiger partial charge on any atom is -0.300 e. The highest BCUT2D eigenvalue weighted by molar-refractivity contribution is 6.23. The number of nitro benzene ring substituents is 1. The molecule has 0 unspecified atom stereocenters. The van der Waals surface area contributed by atoms with Crippen LogP contribution in [-0.4, -0.2) is 34.0 Å². The normalized spacial score (nSPS) is 13.6. The summed E-state index contributed by atoms with van der Waals surface area (Å²) in [5.41, 5.74) is -0.565. The smallest absolute Gasteiger partial charge is 0.282 e. The number of amides is 2. The van der Waals surface area contributed by atoms with E-state index in [0.717, 1.165) is 4.90 Å². The van der Waals surface area contributed by atoms with Crippen LogP contribution in [0.2, 0.25) is 0 Å². The van der Waals surface area contributed by atoms with E-state index in [4.69, 9.17) is 0 Å². The van der Waals surface area contributed by atoms with E-state index in [2.05, 4.69) is 0 Å². The molecule has 7 heteroatoms. The van der Waals surface area contributed by atoms with Crippen LogP contribution in [0.1, 0.15) is 34.1 Å². The van der Waals surface area contributed by atoms with Crippen LogP contribution in [0.15, 0.2) is 18.2 Å². The fourth-order valence-corrected chi connectivity index (χ4v) is 1.94. The maximum absolute atomic E-state index is 12.0. The van der Waals surface area contributed by atoms with Crippen molar-refractivity contribution in [1.29, 1.82) is 0 Å². The molecule has 0 atom stereocenters. The molecule has 1 aliphatic heterocycles. The third kappa shape index (κ3) is 2.10. The van der Waals surface area contributed by atoms with Gasteiger partial charge < -0.3 is 0 Å². The summed E-state index contributed by atoms with van der Waals surface area (Å²) in [6.45, 7) is 1.29. The van der Waals surface area contributed by atoms with E-state index in [1.807, 2.05) is 0 Å². The Bertz CT molecular complexity index is 608. The summed E-state index contributed by atoms with van der Waals surface area (Å²) in [4.78, 5) is 45.9. The van der Waals surface area contributed by atoms with Crippen LogP contribution in [0.25, 0.3) is 0 Å². The zero-order valence-electron chi connectivity index (χ0n) is 10.1. The first-order valence-electron chi connectivity index (χ1n) is 5.56. The Balaban J connectivity index is 2.41. The first kappa shape index (κ1) is 12.9. The standard InChI is InChI=1S/C12H10N2O5/c1-7(15)5-6-13-11(16)8-3-2-4-9(14(18)19)10(8)12(13)17/h2-4H,5-6H2,1H3. The fraction of sp³-hybridized carbons (Fsp3) is 0.250. The molecule has 1 aromatic rings. The molecule has 2 rings (SSSR count). The molecule has 2 amide bonds. The van der Waals surface area contributed by atoms with Crippen molar-refractivity contribution in [2.45, 2.75) is 13.3 Å². The van der Waals surface area contributed by atoms with Gasteiger partial charge in [0.05, 0.1) is 10.5 Å². The number of carbonyl (C=O) groups excluding carboxylic acids is 3. The Morgan fingerprint density at radius 2 is 2.00 bits per heavy atom. The van der Waals surface area contributed by atoms with Gasteiger partial charge in [0.15, 0.2) is 0 Å². The summed E-state index contributed by atoms with van der Waals surface area (Å²) in [7, 11) is 0. The number of fused-ring (bicyclic) bond motifs is 1. The number of nitrogens with zero attached hydrogens (tertiary/aromatic N) is 2. The largest absolute Gasteiger partial charge is 0.300 e. The van der Waals surface area contributed by atoms with E-state index in [9.17, 15) is 24.5 Å². The summed E-state index contributed by atoms with van der Waals surface area (Å²) in [6.07, 6.45) is 0.0409. The highest BCUT2D eigenvalue weighted by Crippen LogP contribution is 2.30. The lowest BCUT2D eigenvalue weighted by Gasteiger charge is -2.11. The van der Waals surface area contributed by atoms with Crippen molar-refractivity contribution in [3.8, 4) is 0 Å². The number of imide groups is 1. The lowest BCUT2D eigenvalue weighted by atomic mass is 10.1. The van der Waals surface area contributed by atoms with Crippen molar-refractivity contribution in [3.05, 3.63) is 39.4 Å². The summed E-state index contributed by atoms with van der Waals surface area (Å²) in [6, 6.07) is 3.91. The summed E-state index contributed by atoms with van der Waals surface area (Å²) < 4.78 is 0. The number of benzene rings is 1. The molecular weight excluding hydrogens is 252 g/mol. The molecule has 0 aromatic heterocycles. The van der Waals surface area contributed by atoms with Gasteiger partial charge >= 0.3 is 0 Å². The average molecular weight is 262 g/mol. The zero-order valence-corrected chi connectivity index (χ0v) is 10.1. The highest BCUT2D eigenvalue weighted by atomic mass is 16.6. The predicted octanol–water partition coefficient (Wildman–Crippen LogP) is 1.17. The van der Waals surface area contributed by atoms with E-state index in [0.29, 0.717) is 0 Å². The molecule has 1 heterocycles. The van der Waals surface area contributed by atoms with Gasteiger partial charge in [0.25, 0.3) is 17.5 Å².